The summed E-state index contributed by atoms with van der Waals surface area (Å²) in [6, 6.07) is 7.97. The molecular weight excluding hydrogens is 384 g/mol. The molecule has 25 heavy (non-hydrogen) atoms. The lowest BCUT2D eigenvalue weighted by Crippen LogP contribution is -2.32. The summed E-state index contributed by atoms with van der Waals surface area (Å²) in [5, 5.41) is 4.62. The highest BCUT2D eigenvalue weighted by Gasteiger charge is 2.16. The molecule has 2 N–H and O–H groups in total. The number of thiophene rings is 1. The first kappa shape index (κ1) is 19.7. The van der Waals surface area contributed by atoms with Crippen molar-refractivity contribution in [3.8, 4) is 5.75 Å². The number of sulfonamides is 1. The van der Waals surface area contributed by atoms with E-state index in [1.54, 1.807) is 29.6 Å². The van der Waals surface area contributed by atoms with Crippen LogP contribution in [0.5, 0.6) is 5.75 Å². The molecule has 9 heteroatoms. The van der Waals surface area contributed by atoms with Gasteiger partial charge in [0.15, 0.2) is 0 Å². The quantitative estimate of drug-likeness (QED) is 0.709. The van der Waals surface area contributed by atoms with Crippen LogP contribution in [-0.4, -0.2) is 27.5 Å². The second-order valence-corrected chi connectivity index (χ2v) is 9.00. The molecule has 0 fully saturated rings. The van der Waals surface area contributed by atoms with Crippen molar-refractivity contribution in [2.24, 2.45) is 5.92 Å². The molecule has 1 aromatic heterocycles. The molecule has 2 aromatic rings. The number of carbonyl (C=O) groups excluding carboxylic acids is 1. The predicted octanol–water partition coefficient (Wildman–Crippen LogP) is 3.35. The zero-order valence-electron chi connectivity index (χ0n) is 13.8. The lowest BCUT2D eigenvalue weighted by Gasteiger charge is -2.12. The van der Waals surface area contributed by atoms with E-state index in [9.17, 15) is 13.2 Å². The monoisotopic (exact) mass is 402 g/mol. The first-order valence-electron chi connectivity index (χ1n) is 7.53. The molecule has 0 saturated heterocycles. The Kier molecular flexibility index (Phi) is 6.83. The molecule has 0 bridgehead atoms. The molecule has 0 spiro atoms. The van der Waals surface area contributed by atoms with Crippen molar-refractivity contribution in [3.63, 3.8) is 0 Å². The Morgan fingerprint density at radius 3 is 2.68 bits per heavy atom. The Morgan fingerprint density at radius 2 is 2.08 bits per heavy atom. The molecule has 0 radical (unpaired) electrons. The van der Waals surface area contributed by atoms with E-state index < -0.39 is 15.9 Å². The number of benzene rings is 1. The fraction of sp³-hybridized carbons (Fsp3) is 0.312. The van der Waals surface area contributed by atoms with Crippen LogP contribution in [0.2, 0.25) is 5.02 Å². The molecule has 0 saturated carbocycles. The summed E-state index contributed by atoms with van der Waals surface area (Å²) < 4.78 is 31.9. The van der Waals surface area contributed by atoms with E-state index in [4.69, 9.17) is 16.3 Å². The van der Waals surface area contributed by atoms with Gasteiger partial charge in [-0.3, -0.25) is 4.79 Å². The van der Waals surface area contributed by atoms with E-state index in [1.807, 2.05) is 13.8 Å². The SMILES string of the molecule is CC(C)COc1ccc(NC(=O)CNS(=O)(=O)c2cccs2)cc1Cl. The van der Waals surface area contributed by atoms with Gasteiger partial charge in [-0.2, -0.15) is 0 Å². The van der Waals surface area contributed by atoms with E-state index in [2.05, 4.69) is 10.0 Å². The summed E-state index contributed by atoms with van der Waals surface area (Å²) in [6.45, 7) is 4.22. The number of amides is 1. The Balaban J connectivity index is 1.91. The third kappa shape index (κ3) is 6.00. The maximum absolute atomic E-state index is 12.0. The maximum Gasteiger partial charge on any atom is 0.250 e. The Morgan fingerprint density at radius 1 is 1.32 bits per heavy atom. The van der Waals surface area contributed by atoms with Gasteiger partial charge in [0.2, 0.25) is 5.91 Å². The fourth-order valence-corrected chi connectivity index (χ4v) is 4.06. The fourth-order valence-electron chi connectivity index (χ4n) is 1.81. The highest BCUT2D eigenvalue weighted by molar-refractivity contribution is 7.91. The van der Waals surface area contributed by atoms with E-state index >= 15 is 0 Å². The third-order valence-corrected chi connectivity index (χ3v) is 6.06. The van der Waals surface area contributed by atoms with Gasteiger partial charge in [-0.15, -0.1) is 11.3 Å². The number of hydrogen-bond donors (Lipinski definition) is 2. The van der Waals surface area contributed by atoms with Gasteiger partial charge in [0.1, 0.15) is 9.96 Å². The lowest BCUT2D eigenvalue weighted by molar-refractivity contribution is -0.115. The number of nitrogens with one attached hydrogen (secondary N) is 2. The maximum atomic E-state index is 12.0. The molecule has 1 amide bonds. The van der Waals surface area contributed by atoms with Gasteiger partial charge in [-0.25, -0.2) is 13.1 Å². The van der Waals surface area contributed by atoms with Crippen LogP contribution in [0.1, 0.15) is 13.8 Å². The first-order valence-corrected chi connectivity index (χ1v) is 10.3. The van der Waals surface area contributed by atoms with Crippen LogP contribution >= 0.6 is 22.9 Å². The standard InChI is InChI=1S/C16H19ClN2O4S2/c1-11(2)10-23-14-6-5-12(8-13(14)17)19-15(20)9-18-25(21,22)16-4-3-7-24-16/h3-8,11,18H,9-10H2,1-2H3,(H,19,20). The summed E-state index contributed by atoms with van der Waals surface area (Å²) in [5.41, 5.74) is 0.460. The minimum Gasteiger partial charge on any atom is -0.492 e. The van der Waals surface area contributed by atoms with Gasteiger partial charge < -0.3 is 10.1 Å². The minimum absolute atomic E-state index is 0.162. The second-order valence-electron chi connectivity index (χ2n) is 5.65. The number of hydrogen-bond acceptors (Lipinski definition) is 5. The minimum atomic E-state index is -3.67. The summed E-state index contributed by atoms with van der Waals surface area (Å²) >= 11 is 7.21. The highest BCUT2D eigenvalue weighted by atomic mass is 35.5. The molecule has 0 aliphatic rings. The van der Waals surface area contributed by atoms with Gasteiger partial charge in [0, 0.05) is 5.69 Å². The van der Waals surface area contributed by atoms with Crippen LogP contribution in [0.15, 0.2) is 39.9 Å². The molecule has 2 rings (SSSR count). The summed E-state index contributed by atoms with van der Waals surface area (Å²) in [4.78, 5) is 11.9. The molecule has 0 aliphatic heterocycles. The first-order chi connectivity index (χ1) is 11.8. The zero-order valence-corrected chi connectivity index (χ0v) is 16.2. The van der Waals surface area contributed by atoms with Gasteiger partial charge in [-0.1, -0.05) is 31.5 Å². The van der Waals surface area contributed by atoms with Crippen molar-refractivity contribution in [1.82, 2.24) is 4.72 Å². The molecule has 1 aromatic carbocycles. The summed E-state index contributed by atoms with van der Waals surface area (Å²) in [5.74, 6) is 0.408. The van der Waals surface area contributed by atoms with Crippen molar-refractivity contribution in [3.05, 3.63) is 40.7 Å². The molecular formula is C16H19ClN2O4S2. The Hall–Kier alpha value is -1.61. The van der Waals surface area contributed by atoms with Crippen LogP contribution in [0.3, 0.4) is 0 Å². The molecule has 6 nitrogen and oxygen atoms in total. The van der Waals surface area contributed by atoms with Gasteiger partial charge in [0.25, 0.3) is 10.0 Å². The van der Waals surface area contributed by atoms with Gasteiger partial charge in [0.05, 0.1) is 18.2 Å². The van der Waals surface area contributed by atoms with Crippen LogP contribution < -0.4 is 14.8 Å². The largest absolute Gasteiger partial charge is 0.492 e. The smallest absolute Gasteiger partial charge is 0.250 e. The van der Waals surface area contributed by atoms with Crippen LogP contribution in [0.4, 0.5) is 5.69 Å². The van der Waals surface area contributed by atoms with Gasteiger partial charge in [-0.05, 0) is 35.6 Å². The molecule has 0 unspecified atom stereocenters. The second kappa shape index (κ2) is 8.66. The van der Waals surface area contributed by atoms with Crippen LogP contribution in [-0.2, 0) is 14.8 Å². The van der Waals surface area contributed by atoms with Crippen LogP contribution in [0, 0.1) is 5.92 Å². The van der Waals surface area contributed by atoms with E-state index in [0.29, 0.717) is 29.0 Å². The average Bonchev–Trinajstić information content (AvgIpc) is 3.07. The van der Waals surface area contributed by atoms with Crippen molar-refractivity contribution >= 4 is 44.6 Å². The van der Waals surface area contributed by atoms with Crippen LogP contribution in [0.25, 0.3) is 0 Å². The number of carbonyl (C=O) groups is 1. The van der Waals surface area contributed by atoms with Crippen molar-refractivity contribution in [1.29, 1.82) is 0 Å². The summed E-state index contributed by atoms with van der Waals surface area (Å²) in [7, 11) is -3.67. The molecule has 1 heterocycles. The zero-order chi connectivity index (χ0) is 18.4. The normalized spacial score (nSPS) is 11.5. The van der Waals surface area contributed by atoms with Gasteiger partial charge >= 0.3 is 0 Å². The topological polar surface area (TPSA) is 84.5 Å². The number of halogens is 1. The highest BCUT2D eigenvalue weighted by Crippen LogP contribution is 2.28. The number of ether oxygens (including phenoxy) is 1. The van der Waals surface area contributed by atoms with Crippen molar-refractivity contribution in [2.75, 3.05) is 18.5 Å². The molecule has 0 atom stereocenters. The lowest BCUT2D eigenvalue weighted by atomic mass is 10.2. The van der Waals surface area contributed by atoms with Crippen molar-refractivity contribution < 1.29 is 17.9 Å². The van der Waals surface area contributed by atoms with Crippen molar-refractivity contribution in [2.45, 2.75) is 18.1 Å². The van der Waals surface area contributed by atoms with E-state index in [0.717, 1.165) is 11.3 Å². The molecule has 136 valence electrons. The summed E-state index contributed by atoms with van der Waals surface area (Å²) in [6.07, 6.45) is 0. The van der Waals surface area contributed by atoms with E-state index in [1.165, 1.54) is 6.07 Å². The number of anilines is 1. The van der Waals surface area contributed by atoms with E-state index in [-0.39, 0.29) is 10.8 Å². The molecule has 0 aliphatic carbocycles. The average molecular weight is 403 g/mol. The Bertz CT molecular complexity index is 821. The Labute approximate surface area is 156 Å². The predicted molar refractivity (Wildman–Crippen MR) is 99.9 cm³/mol. The third-order valence-electron chi connectivity index (χ3n) is 2.97. The number of rotatable bonds is 8.